The normalized spacial score (nSPS) is 11.3. The van der Waals surface area contributed by atoms with E-state index in [0.29, 0.717) is 0 Å². The molecule has 0 atom stereocenters. The maximum Gasteiger partial charge on any atom is 0.0604 e. The molecular formula is C55H37Br3IN. The van der Waals surface area contributed by atoms with Crippen molar-refractivity contribution in [2.24, 2.45) is 0 Å². The molecule has 0 saturated carbocycles. The van der Waals surface area contributed by atoms with Gasteiger partial charge in [-0.05, 0) is 165 Å². The quantitative estimate of drug-likeness (QED) is 0.155. The van der Waals surface area contributed by atoms with Crippen LogP contribution in [0.4, 0.5) is 0 Å². The molecule has 1 aromatic heterocycles. The van der Waals surface area contributed by atoms with Gasteiger partial charge in [0.25, 0.3) is 0 Å². The predicted octanol–water partition coefficient (Wildman–Crippen LogP) is 17.6. The molecule has 0 bridgehead atoms. The molecule has 0 radical (unpaired) electrons. The topological polar surface area (TPSA) is 4.93 Å². The molecule has 11 rings (SSSR count). The second-order valence-electron chi connectivity index (χ2n) is 14.6. The fourth-order valence-electron chi connectivity index (χ4n) is 7.96. The molecule has 0 aliphatic heterocycles. The smallest absolute Gasteiger partial charge is 0.0604 e. The molecule has 0 spiro atoms. The number of aromatic nitrogens is 1. The molecule has 0 fully saturated rings. The summed E-state index contributed by atoms with van der Waals surface area (Å²) in [4.78, 5) is 0. The van der Waals surface area contributed by atoms with E-state index < -0.39 is 0 Å². The Kier molecular flexibility index (Phi) is 12.3. The summed E-state index contributed by atoms with van der Waals surface area (Å²) in [5.41, 5.74) is 16.7. The van der Waals surface area contributed by atoms with Gasteiger partial charge in [0.2, 0.25) is 0 Å². The highest BCUT2D eigenvalue weighted by Crippen LogP contribution is 2.40. The fraction of sp³-hybridized carbons (Fsp3) is 0.0182. The number of rotatable bonds is 4. The highest BCUT2D eigenvalue weighted by Gasteiger charge is 2.19. The van der Waals surface area contributed by atoms with Crippen LogP contribution in [0.15, 0.2) is 226 Å². The van der Waals surface area contributed by atoms with Crippen molar-refractivity contribution in [2.45, 2.75) is 6.42 Å². The van der Waals surface area contributed by atoms with Crippen LogP contribution >= 0.6 is 70.4 Å². The third-order valence-corrected chi connectivity index (χ3v) is 14.4. The Morgan fingerprint density at radius 3 is 1.52 bits per heavy atom. The van der Waals surface area contributed by atoms with E-state index in [1.807, 2.05) is 18.2 Å². The number of benzene rings is 9. The van der Waals surface area contributed by atoms with E-state index >= 15 is 0 Å². The van der Waals surface area contributed by atoms with Crippen LogP contribution in [-0.2, 0) is 6.42 Å². The highest BCUT2D eigenvalue weighted by molar-refractivity contribution is 14.1. The molecule has 10 aromatic rings. The van der Waals surface area contributed by atoms with Crippen LogP contribution < -0.4 is 0 Å². The summed E-state index contributed by atoms with van der Waals surface area (Å²) in [5.74, 6) is 0. The zero-order chi connectivity index (χ0) is 41.0. The molecule has 1 aliphatic rings. The van der Waals surface area contributed by atoms with Crippen LogP contribution in [0.5, 0.6) is 0 Å². The van der Waals surface area contributed by atoms with Crippen molar-refractivity contribution in [1.29, 1.82) is 0 Å². The molecule has 1 aliphatic carbocycles. The number of halogens is 4. The summed E-state index contributed by atoms with van der Waals surface area (Å²) in [5, 5.41) is 2.53. The first-order valence-electron chi connectivity index (χ1n) is 19.7. The number of para-hydroxylation sites is 2. The summed E-state index contributed by atoms with van der Waals surface area (Å²) in [6.07, 6.45) is 1.03. The Balaban J connectivity index is 0.000000139. The zero-order valence-corrected chi connectivity index (χ0v) is 39.3. The first kappa shape index (κ1) is 40.4. The van der Waals surface area contributed by atoms with E-state index in [-0.39, 0.29) is 0 Å². The van der Waals surface area contributed by atoms with Crippen LogP contribution in [0.3, 0.4) is 0 Å². The van der Waals surface area contributed by atoms with Gasteiger partial charge in [-0.1, -0.05) is 180 Å². The van der Waals surface area contributed by atoms with Crippen LogP contribution in [0, 0.1) is 3.57 Å². The Bertz CT molecular complexity index is 3080. The third-order valence-electron chi connectivity index (χ3n) is 10.9. The molecule has 0 unspecified atom stereocenters. The Hall–Kier alpha value is -5.05. The van der Waals surface area contributed by atoms with Crippen molar-refractivity contribution in [3.8, 4) is 50.2 Å². The summed E-state index contributed by atoms with van der Waals surface area (Å²) >= 11 is 13.0. The molecule has 0 saturated heterocycles. The first-order chi connectivity index (χ1) is 29.4. The van der Waals surface area contributed by atoms with Gasteiger partial charge in [-0.2, -0.15) is 0 Å². The van der Waals surface area contributed by atoms with Crippen molar-refractivity contribution in [3.05, 3.63) is 240 Å². The van der Waals surface area contributed by atoms with Gasteiger partial charge in [-0.25, -0.2) is 0 Å². The van der Waals surface area contributed by atoms with Crippen molar-refractivity contribution in [1.82, 2.24) is 4.57 Å². The summed E-state index contributed by atoms with van der Waals surface area (Å²) in [6.45, 7) is 0. The van der Waals surface area contributed by atoms with Gasteiger partial charge in [0.05, 0.1) is 16.7 Å². The SMILES string of the molecule is Brc1ccc2c(c1)Cc1cc(-c3ccccc3)ccc1-2.Brc1ccccc1-n1c2ccccc2c2ccc(-c3ccc(-c4ccccc4)cc3)cc21.Brc1ccccc1I. The Morgan fingerprint density at radius 1 is 0.367 bits per heavy atom. The molecule has 5 heteroatoms. The van der Waals surface area contributed by atoms with Gasteiger partial charge in [-0.15, -0.1) is 0 Å². The highest BCUT2D eigenvalue weighted by atomic mass is 127. The maximum atomic E-state index is 3.76. The number of hydrogen-bond acceptors (Lipinski definition) is 0. The van der Waals surface area contributed by atoms with E-state index in [9.17, 15) is 0 Å². The van der Waals surface area contributed by atoms with Gasteiger partial charge < -0.3 is 4.57 Å². The van der Waals surface area contributed by atoms with E-state index in [0.717, 1.165) is 21.1 Å². The molecular weight excluding hydrogens is 1040 g/mol. The van der Waals surface area contributed by atoms with Crippen molar-refractivity contribution < 1.29 is 0 Å². The van der Waals surface area contributed by atoms with Gasteiger partial charge >= 0.3 is 0 Å². The van der Waals surface area contributed by atoms with Gasteiger partial charge in [-0.3, -0.25) is 0 Å². The predicted molar refractivity (Wildman–Crippen MR) is 274 cm³/mol. The molecule has 60 heavy (non-hydrogen) atoms. The van der Waals surface area contributed by atoms with Crippen LogP contribution in [0.1, 0.15) is 11.1 Å². The average Bonchev–Trinajstić information content (AvgIpc) is 3.83. The minimum Gasteiger partial charge on any atom is -0.308 e. The van der Waals surface area contributed by atoms with Gasteiger partial charge in [0.15, 0.2) is 0 Å². The molecule has 290 valence electrons. The molecule has 9 aromatic carbocycles. The lowest BCUT2D eigenvalue weighted by Crippen LogP contribution is -1.95. The molecule has 0 N–H and O–H groups in total. The largest absolute Gasteiger partial charge is 0.308 e. The first-order valence-corrected chi connectivity index (χ1v) is 23.2. The lowest BCUT2D eigenvalue weighted by atomic mass is 9.99. The van der Waals surface area contributed by atoms with Crippen LogP contribution in [-0.4, -0.2) is 4.57 Å². The Morgan fingerprint density at radius 2 is 0.850 bits per heavy atom. The van der Waals surface area contributed by atoms with E-state index in [1.165, 1.54) is 85.5 Å². The van der Waals surface area contributed by atoms with Crippen molar-refractivity contribution >= 4 is 92.2 Å². The zero-order valence-electron chi connectivity index (χ0n) is 32.4. The average molecular weight is 1080 g/mol. The van der Waals surface area contributed by atoms with E-state index in [4.69, 9.17) is 0 Å². The number of fused-ring (bicyclic) bond motifs is 6. The van der Waals surface area contributed by atoms with Crippen molar-refractivity contribution in [3.63, 3.8) is 0 Å². The fourth-order valence-corrected chi connectivity index (χ4v) is 9.50. The summed E-state index contributed by atoms with van der Waals surface area (Å²) < 4.78 is 7.02. The minimum absolute atomic E-state index is 1.03. The third kappa shape index (κ3) is 8.59. The monoisotopic (exact) mass is 1070 g/mol. The number of hydrogen-bond donors (Lipinski definition) is 0. The van der Waals surface area contributed by atoms with Gasteiger partial charge in [0, 0.05) is 27.8 Å². The van der Waals surface area contributed by atoms with Gasteiger partial charge in [0.1, 0.15) is 0 Å². The Labute approximate surface area is 390 Å². The second-order valence-corrected chi connectivity index (χ2v) is 18.4. The lowest BCUT2D eigenvalue weighted by Gasteiger charge is -2.11. The van der Waals surface area contributed by atoms with E-state index in [2.05, 4.69) is 269 Å². The van der Waals surface area contributed by atoms with E-state index in [1.54, 1.807) is 0 Å². The minimum atomic E-state index is 1.03. The lowest BCUT2D eigenvalue weighted by molar-refractivity contribution is 1.17. The number of nitrogens with zero attached hydrogens (tertiary/aromatic N) is 1. The standard InChI is InChI=1S/C30H20BrN.C19H13Br.C6H4BrI/c31-27-11-5-7-13-29(27)32-28-12-6-4-10-25(28)26-19-18-24(20-30(26)32)23-16-14-22(15-17-23)21-8-2-1-3-9-21;20-17-7-9-19-16(12-17)11-15-10-14(6-8-18(15)19)13-4-2-1-3-5-13;7-5-3-1-2-4-6(5)8/h1-20H;1-10,12H,11H2;1-4H. The molecule has 1 heterocycles. The maximum absolute atomic E-state index is 3.76. The summed E-state index contributed by atoms with van der Waals surface area (Å²) in [6, 6.07) is 75.3. The second kappa shape index (κ2) is 18.3. The summed E-state index contributed by atoms with van der Waals surface area (Å²) in [7, 11) is 0. The molecule has 0 amide bonds. The van der Waals surface area contributed by atoms with Crippen molar-refractivity contribution in [2.75, 3.05) is 0 Å². The van der Waals surface area contributed by atoms with Crippen LogP contribution in [0.25, 0.3) is 72.0 Å². The van der Waals surface area contributed by atoms with Crippen LogP contribution in [0.2, 0.25) is 0 Å². The molecule has 1 nitrogen and oxygen atoms in total.